The van der Waals surface area contributed by atoms with Crippen LogP contribution in [0.5, 0.6) is 0 Å². The molecular weight excluding hydrogens is 210 g/mol. The molecule has 0 spiro atoms. The van der Waals surface area contributed by atoms with Crippen molar-refractivity contribution < 1.29 is 4.79 Å². The second-order valence-corrected chi connectivity index (χ2v) is 5.59. The summed E-state index contributed by atoms with van der Waals surface area (Å²) < 4.78 is 0. The zero-order valence-corrected chi connectivity index (χ0v) is 10.9. The van der Waals surface area contributed by atoms with Crippen molar-refractivity contribution >= 4 is 12.0 Å². The first kappa shape index (κ1) is 11.9. The zero-order chi connectivity index (χ0) is 12.6. The Kier molecular flexibility index (Phi) is 2.82. The Bertz CT molecular complexity index is 492. The predicted octanol–water partition coefficient (Wildman–Crippen LogP) is 2.67. The van der Waals surface area contributed by atoms with Gasteiger partial charge in [-0.1, -0.05) is 39.0 Å². The normalized spacial score (nSPS) is 14.2. The molecule has 1 N–H and O–H groups in total. The average Bonchev–Trinajstić information content (AvgIpc) is 2.69. The lowest BCUT2D eigenvalue weighted by Crippen LogP contribution is -2.19. The minimum atomic E-state index is 0.0264. The van der Waals surface area contributed by atoms with Gasteiger partial charge in [0.15, 0.2) is 0 Å². The van der Waals surface area contributed by atoms with Crippen LogP contribution in [0.2, 0.25) is 0 Å². The summed E-state index contributed by atoms with van der Waals surface area (Å²) in [6.45, 7) is 6.60. The van der Waals surface area contributed by atoms with E-state index in [-0.39, 0.29) is 11.3 Å². The number of likely N-dealkylation sites (N-methyl/N-ethyl adjacent to an activating group) is 1. The second kappa shape index (κ2) is 4.02. The molecule has 0 heterocycles. The van der Waals surface area contributed by atoms with Gasteiger partial charge in [-0.2, -0.15) is 0 Å². The van der Waals surface area contributed by atoms with E-state index in [2.05, 4.69) is 44.3 Å². The minimum Gasteiger partial charge on any atom is -0.355 e. The topological polar surface area (TPSA) is 29.1 Å². The molecule has 1 aliphatic rings. The Labute approximate surface area is 103 Å². The Hall–Kier alpha value is -1.57. The van der Waals surface area contributed by atoms with Gasteiger partial charge >= 0.3 is 0 Å². The highest BCUT2D eigenvalue weighted by atomic mass is 16.1. The van der Waals surface area contributed by atoms with Crippen molar-refractivity contribution in [3.05, 3.63) is 40.5 Å². The summed E-state index contributed by atoms with van der Waals surface area (Å²) in [6.07, 6.45) is 2.75. The van der Waals surface area contributed by atoms with E-state index in [1.807, 2.05) is 6.08 Å². The van der Waals surface area contributed by atoms with Gasteiger partial charge in [0.05, 0.1) is 0 Å². The highest BCUT2D eigenvalue weighted by Gasteiger charge is 2.20. The van der Waals surface area contributed by atoms with Crippen LogP contribution in [-0.4, -0.2) is 13.0 Å². The molecule has 2 nitrogen and oxygen atoms in total. The summed E-state index contributed by atoms with van der Waals surface area (Å²) >= 11 is 0. The van der Waals surface area contributed by atoms with Crippen LogP contribution in [0.3, 0.4) is 0 Å². The van der Waals surface area contributed by atoms with E-state index in [1.165, 1.54) is 16.7 Å². The van der Waals surface area contributed by atoms with E-state index >= 15 is 0 Å². The maximum absolute atomic E-state index is 11.6. The van der Waals surface area contributed by atoms with Gasteiger partial charge in [0.25, 0.3) is 0 Å². The molecule has 0 fully saturated rings. The SMILES string of the molecule is CNC(=O)C1=Cc2cc(C(C)(C)C)ccc2C1. The Morgan fingerprint density at radius 1 is 1.29 bits per heavy atom. The van der Waals surface area contributed by atoms with Crippen molar-refractivity contribution in [1.82, 2.24) is 5.32 Å². The minimum absolute atomic E-state index is 0.0264. The van der Waals surface area contributed by atoms with Gasteiger partial charge in [-0.05, 0) is 28.2 Å². The molecule has 2 rings (SSSR count). The summed E-state index contributed by atoms with van der Waals surface area (Å²) in [6, 6.07) is 6.51. The van der Waals surface area contributed by atoms with Crippen LogP contribution in [-0.2, 0) is 16.6 Å². The Morgan fingerprint density at radius 3 is 2.59 bits per heavy atom. The van der Waals surface area contributed by atoms with Gasteiger partial charge in [0, 0.05) is 19.0 Å². The van der Waals surface area contributed by atoms with Crippen molar-refractivity contribution in [2.45, 2.75) is 32.6 Å². The summed E-state index contributed by atoms with van der Waals surface area (Å²) in [4.78, 5) is 11.6. The van der Waals surface area contributed by atoms with Crippen molar-refractivity contribution in [3.63, 3.8) is 0 Å². The first-order valence-corrected chi connectivity index (χ1v) is 5.98. The third kappa shape index (κ3) is 2.26. The molecule has 0 aliphatic heterocycles. The van der Waals surface area contributed by atoms with Crippen LogP contribution in [0.4, 0.5) is 0 Å². The van der Waals surface area contributed by atoms with E-state index in [1.54, 1.807) is 7.05 Å². The summed E-state index contributed by atoms with van der Waals surface area (Å²) in [5.74, 6) is 0.0264. The van der Waals surface area contributed by atoms with E-state index < -0.39 is 0 Å². The number of carbonyl (C=O) groups is 1. The fourth-order valence-corrected chi connectivity index (χ4v) is 2.11. The van der Waals surface area contributed by atoms with Gasteiger partial charge in [0.1, 0.15) is 0 Å². The Morgan fingerprint density at radius 2 is 2.00 bits per heavy atom. The maximum atomic E-state index is 11.6. The van der Waals surface area contributed by atoms with Crippen molar-refractivity contribution in [2.75, 3.05) is 7.05 Å². The molecule has 0 atom stereocenters. The van der Waals surface area contributed by atoms with Gasteiger partial charge in [-0.15, -0.1) is 0 Å². The van der Waals surface area contributed by atoms with Crippen LogP contribution in [0.25, 0.3) is 6.08 Å². The molecule has 0 unspecified atom stereocenters. The molecular formula is C15H19NO. The van der Waals surface area contributed by atoms with E-state index in [9.17, 15) is 4.79 Å². The first-order valence-electron chi connectivity index (χ1n) is 5.98. The van der Waals surface area contributed by atoms with E-state index in [4.69, 9.17) is 0 Å². The monoisotopic (exact) mass is 229 g/mol. The molecule has 0 saturated carbocycles. The predicted molar refractivity (Wildman–Crippen MR) is 70.9 cm³/mol. The lowest BCUT2D eigenvalue weighted by Gasteiger charge is -2.19. The molecule has 1 aliphatic carbocycles. The largest absolute Gasteiger partial charge is 0.355 e. The van der Waals surface area contributed by atoms with Gasteiger partial charge in [0.2, 0.25) is 5.91 Å². The van der Waals surface area contributed by atoms with Crippen molar-refractivity contribution in [3.8, 4) is 0 Å². The Balaban J connectivity index is 2.36. The number of rotatable bonds is 1. The number of amides is 1. The molecule has 0 bridgehead atoms. The highest BCUT2D eigenvalue weighted by molar-refractivity contribution is 6.00. The smallest absolute Gasteiger partial charge is 0.247 e. The molecule has 0 saturated heterocycles. The third-order valence-electron chi connectivity index (χ3n) is 3.24. The fraction of sp³-hybridized carbons (Fsp3) is 0.400. The molecule has 1 aromatic rings. The number of hydrogen-bond donors (Lipinski definition) is 1. The fourth-order valence-electron chi connectivity index (χ4n) is 2.11. The third-order valence-corrected chi connectivity index (χ3v) is 3.24. The number of carbonyl (C=O) groups excluding carboxylic acids is 1. The van der Waals surface area contributed by atoms with E-state index in [0.29, 0.717) is 0 Å². The molecule has 17 heavy (non-hydrogen) atoms. The van der Waals surface area contributed by atoms with Crippen molar-refractivity contribution in [2.24, 2.45) is 0 Å². The number of fused-ring (bicyclic) bond motifs is 1. The highest BCUT2D eigenvalue weighted by Crippen LogP contribution is 2.30. The zero-order valence-electron chi connectivity index (χ0n) is 10.9. The van der Waals surface area contributed by atoms with Crippen molar-refractivity contribution in [1.29, 1.82) is 0 Å². The van der Waals surface area contributed by atoms with Gasteiger partial charge < -0.3 is 5.32 Å². The summed E-state index contributed by atoms with van der Waals surface area (Å²) in [5.41, 5.74) is 4.75. The van der Waals surface area contributed by atoms with E-state index in [0.717, 1.165) is 12.0 Å². The first-order chi connectivity index (χ1) is 7.91. The number of benzene rings is 1. The quantitative estimate of drug-likeness (QED) is 0.788. The van der Waals surface area contributed by atoms with Crippen LogP contribution in [0.15, 0.2) is 23.8 Å². The summed E-state index contributed by atoms with van der Waals surface area (Å²) in [7, 11) is 1.67. The van der Waals surface area contributed by atoms with Crippen LogP contribution in [0.1, 0.15) is 37.5 Å². The molecule has 0 aromatic heterocycles. The maximum Gasteiger partial charge on any atom is 0.247 e. The second-order valence-electron chi connectivity index (χ2n) is 5.59. The molecule has 0 radical (unpaired) electrons. The average molecular weight is 229 g/mol. The molecule has 2 heteroatoms. The molecule has 1 aromatic carbocycles. The van der Waals surface area contributed by atoms with Crippen LogP contribution < -0.4 is 5.32 Å². The standard InChI is InChI=1S/C15H19NO/c1-15(2,3)13-6-5-10-7-12(14(17)16-4)8-11(10)9-13/h5-6,8-9H,7H2,1-4H3,(H,16,17). The van der Waals surface area contributed by atoms with Crippen LogP contribution >= 0.6 is 0 Å². The molecule has 1 amide bonds. The lowest BCUT2D eigenvalue weighted by atomic mass is 9.85. The van der Waals surface area contributed by atoms with Gasteiger partial charge in [-0.25, -0.2) is 0 Å². The number of hydrogen-bond acceptors (Lipinski definition) is 1. The molecule has 90 valence electrons. The lowest BCUT2D eigenvalue weighted by molar-refractivity contribution is -0.117. The summed E-state index contributed by atoms with van der Waals surface area (Å²) in [5, 5.41) is 2.68. The van der Waals surface area contributed by atoms with Crippen LogP contribution in [0, 0.1) is 0 Å². The van der Waals surface area contributed by atoms with Gasteiger partial charge in [-0.3, -0.25) is 4.79 Å². The number of nitrogens with one attached hydrogen (secondary N) is 1.